The smallest absolute Gasteiger partial charge is 0.119 e. The molecule has 0 unspecified atom stereocenters. The number of hydrogen-bond donors (Lipinski definition) is 1. The lowest BCUT2D eigenvalue weighted by atomic mass is 10.1. The third kappa shape index (κ3) is 4.69. The molecule has 0 aromatic heterocycles. The quantitative estimate of drug-likeness (QED) is 0.806. The topological polar surface area (TPSA) is 21.3 Å². The molecule has 19 heavy (non-hydrogen) atoms. The van der Waals surface area contributed by atoms with E-state index in [9.17, 15) is 0 Å². The lowest BCUT2D eigenvalue weighted by Gasteiger charge is -2.15. The monoisotopic (exact) mass is 319 g/mol. The molecule has 0 spiro atoms. The minimum absolute atomic E-state index is 0.317. The van der Waals surface area contributed by atoms with Gasteiger partial charge in [0.15, 0.2) is 0 Å². The van der Waals surface area contributed by atoms with Crippen LogP contribution in [0.25, 0.3) is 0 Å². The standard InChI is InChI=1S/C16H18BrNO/c1-13(14-6-5-7-15(17)12-14)18-10-11-19-16-8-3-2-4-9-16/h2-9,12-13,18H,10-11H2,1H3/t13-/m1/s1. The molecule has 100 valence electrons. The SMILES string of the molecule is C[C@@H](NCCOc1ccccc1)c1cccc(Br)c1. The summed E-state index contributed by atoms with van der Waals surface area (Å²) in [6.45, 7) is 3.65. The number of ether oxygens (including phenoxy) is 1. The lowest BCUT2D eigenvalue weighted by Crippen LogP contribution is -2.24. The first-order valence-electron chi connectivity index (χ1n) is 6.42. The molecule has 2 rings (SSSR count). The van der Waals surface area contributed by atoms with E-state index < -0.39 is 0 Å². The highest BCUT2D eigenvalue weighted by atomic mass is 79.9. The molecule has 0 heterocycles. The molecule has 0 aliphatic heterocycles. The van der Waals surface area contributed by atoms with Crippen molar-refractivity contribution in [3.05, 3.63) is 64.6 Å². The van der Waals surface area contributed by atoms with Crippen LogP contribution in [0.4, 0.5) is 0 Å². The van der Waals surface area contributed by atoms with Gasteiger partial charge in [0.05, 0.1) is 0 Å². The molecule has 1 atom stereocenters. The van der Waals surface area contributed by atoms with E-state index in [4.69, 9.17) is 4.74 Å². The first-order valence-corrected chi connectivity index (χ1v) is 7.22. The minimum Gasteiger partial charge on any atom is -0.492 e. The van der Waals surface area contributed by atoms with E-state index >= 15 is 0 Å². The van der Waals surface area contributed by atoms with Crippen LogP contribution in [0.5, 0.6) is 5.75 Å². The van der Waals surface area contributed by atoms with Crippen molar-refractivity contribution in [1.29, 1.82) is 0 Å². The molecule has 2 nitrogen and oxygen atoms in total. The summed E-state index contributed by atoms with van der Waals surface area (Å²) in [6, 6.07) is 18.6. The first-order chi connectivity index (χ1) is 9.25. The Morgan fingerprint density at radius 3 is 2.63 bits per heavy atom. The first kappa shape index (κ1) is 14.1. The Bertz CT molecular complexity index is 501. The average molecular weight is 320 g/mol. The Balaban J connectivity index is 1.74. The van der Waals surface area contributed by atoms with Crippen LogP contribution in [-0.2, 0) is 0 Å². The maximum Gasteiger partial charge on any atom is 0.119 e. The number of benzene rings is 2. The van der Waals surface area contributed by atoms with Crippen LogP contribution >= 0.6 is 15.9 Å². The number of halogens is 1. The Morgan fingerprint density at radius 1 is 1.11 bits per heavy atom. The van der Waals surface area contributed by atoms with Gasteiger partial charge in [-0.15, -0.1) is 0 Å². The van der Waals surface area contributed by atoms with Crippen molar-refractivity contribution in [1.82, 2.24) is 5.32 Å². The minimum atomic E-state index is 0.317. The second kappa shape index (κ2) is 7.31. The maximum absolute atomic E-state index is 5.64. The molecule has 0 fully saturated rings. The number of para-hydroxylation sites is 1. The maximum atomic E-state index is 5.64. The summed E-state index contributed by atoms with van der Waals surface area (Å²) >= 11 is 3.49. The van der Waals surface area contributed by atoms with Gasteiger partial charge in [-0.2, -0.15) is 0 Å². The van der Waals surface area contributed by atoms with Crippen molar-refractivity contribution in [3.8, 4) is 5.75 Å². The van der Waals surface area contributed by atoms with Crippen LogP contribution in [0.15, 0.2) is 59.1 Å². The Morgan fingerprint density at radius 2 is 1.89 bits per heavy atom. The van der Waals surface area contributed by atoms with Crippen LogP contribution in [0.2, 0.25) is 0 Å². The van der Waals surface area contributed by atoms with Crippen molar-refractivity contribution in [2.24, 2.45) is 0 Å². The lowest BCUT2D eigenvalue weighted by molar-refractivity contribution is 0.307. The highest BCUT2D eigenvalue weighted by Gasteiger charge is 2.04. The van der Waals surface area contributed by atoms with Crippen LogP contribution in [-0.4, -0.2) is 13.2 Å². The number of nitrogens with one attached hydrogen (secondary N) is 1. The molecular formula is C16H18BrNO. The van der Waals surface area contributed by atoms with Gasteiger partial charge in [-0.25, -0.2) is 0 Å². The fourth-order valence-electron chi connectivity index (χ4n) is 1.85. The van der Waals surface area contributed by atoms with E-state index in [-0.39, 0.29) is 0 Å². The van der Waals surface area contributed by atoms with E-state index in [1.807, 2.05) is 36.4 Å². The molecule has 2 aromatic carbocycles. The van der Waals surface area contributed by atoms with Gasteiger partial charge in [0.2, 0.25) is 0 Å². The summed E-state index contributed by atoms with van der Waals surface area (Å²) in [7, 11) is 0. The van der Waals surface area contributed by atoms with Gasteiger partial charge in [-0.3, -0.25) is 0 Å². The predicted molar refractivity (Wildman–Crippen MR) is 82.5 cm³/mol. The van der Waals surface area contributed by atoms with E-state index in [1.165, 1.54) is 5.56 Å². The van der Waals surface area contributed by atoms with Crippen molar-refractivity contribution in [2.75, 3.05) is 13.2 Å². The Kier molecular flexibility index (Phi) is 5.43. The van der Waals surface area contributed by atoms with Crippen molar-refractivity contribution in [2.45, 2.75) is 13.0 Å². The van der Waals surface area contributed by atoms with Crippen molar-refractivity contribution in [3.63, 3.8) is 0 Å². The van der Waals surface area contributed by atoms with Crippen LogP contribution in [0.3, 0.4) is 0 Å². The van der Waals surface area contributed by atoms with Gasteiger partial charge in [-0.05, 0) is 36.8 Å². The van der Waals surface area contributed by atoms with Crippen molar-refractivity contribution < 1.29 is 4.74 Å². The van der Waals surface area contributed by atoms with E-state index in [1.54, 1.807) is 0 Å². The van der Waals surface area contributed by atoms with Gasteiger partial charge < -0.3 is 10.1 Å². The van der Waals surface area contributed by atoms with Crippen LogP contribution < -0.4 is 10.1 Å². The summed E-state index contributed by atoms with van der Waals surface area (Å²) in [4.78, 5) is 0. The van der Waals surface area contributed by atoms with Crippen LogP contribution in [0, 0.1) is 0 Å². The molecule has 0 aliphatic rings. The molecule has 0 aliphatic carbocycles. The molecule has 0 radical (unpaired) electrons. The van der Waals surface area contributed by atoms with Gasteiger partial charge in [-0.1, -0.05) is 46.3 Å². The van der Waals surface area contributed by atoms with Crippen LogP contribution in [0.1, 0.15) is 18.5 Å². The van der Waals surface area contributed by atoms with Gasteiger partial charge >= 0.3 is 0 Å². The highest BCUT2D eigenvalue weighted by Crippen LogP contribution is 2.17. The zero-order valence-corrected chi connectivity index (χ0v) is 12.6. The summed E-state index contributed by atoms with van der Waals surface area (Å²) in [5.74, 6) is 0.916. The second-order valence-corrected chi connectivity index (χ2v) is 5.31. The second-order valence-electron chi connectivity index (χ2n) is 4.39. The summed E-state index contributed by atoms with van der Waals surface area (Å²) in [5.41, 5.74) is 1.27. The molecule has 1 N–H and O–H groups in total. The molecule has 0 bridgehead atoms. The largest absolute Gasteiger partial charge is 0.492 e. The Hall–Kier alpha value is -1.32. The molecule has 3 heteroatoms. The zero-order valence-electron chi connectivity index (χ0n) is 11.0. The molecule has 0 amide bonds. The van der Waals surface area contributed by atoms with Gasteiger partial charge in [0, 0.05) is 17.1 Å². The summed E-state index contributed by atoms with van der Waals surface area (Å²) in [6.07, 6.45) is 0. The number of rotatable bonds is 6. The summed E-state index contributed by atoms with van der Waals surface area (Å²) < 4.78 is 6.75. The normalized spacial score (nSPS) is 12.1. The molecular weight excluding hydrogens is 302 g/mol. The highest BCUT2D eigenvalue weighted by molar-refractivity contribution is 9.10. The number of hydrogen-bond acceptors (Lipinski definition) is 2. The fourth-order valence-corrected chi connectivity index (χ4v) is 2.27. The third-order valence-electron chi connectivity index (χ3n) is 2.91. The zero-order chi connectivity index (χ0) is 13.5. The van der Waals surface area contributed by atoms with E-state index in [2.05, 4.69) is 46.4 Å². The Labute approximate surface area is 122 Å². The average Bonchev–Trinajstić information content (AvgIpc) is 2.44. The van der Waals surface area contributed by atoms with Gasteiger partial charge in [0.1, 0.15) is 12.4 Å². The molecule has 2 aromatic rings. The van der Waals surface area contributed by atoms with E-state index in [0.29, 0.717) is 12.6 Å². The molecule has 0 saturated carbocycles. The van der Waals surface area contributed by atoms with Gasteiger partial charge in [0.25, 0.3) is 0 Å². The predicted octanol–water partition coefficient (Wildman–Crippen LogP) is 4.18. The molecule has 0 saturated heterocycles. The third-order valence-corrected chi connectivity index (χ3v) is 3.41. The van der Waals surface area contributed by atoms with Crippen molar-refractivity contribution >= 4 is 15.9 Å². The van der Waals surface area contributed by atoms with E-state index in [0.717, 1.165) is 16.8 Å². The fraction of sp³-hybridized carbons (Fsp3) is 0.250. The summed E-state index contributed by atoms with van der Waals surface area (Å²) in [5, 5.41) is 3.45.